The van der Waals surface area contributed by atoms with Crippen molar-refractivity contribution in [2.24, 2.45) is 11.1 Å². The molecule has 1 aliphatic heterocycles. The minimum Gasteiger partial charge on any atom is -0.381 e. The molecule has 2 N–H and O–H groups in total. The summed E-state index contributed by atoms with van der Waals surface area (Å²) in [7, 11) is 0. The number of nitrogens with two attached hydrogens (primary N) is 1. The lowest BCUT2D eigenvalue weighted by atomic mass is 9.76. The first-order valence-corrected chi connectivity index (χ1v) is 6.59. The van der Waals surface area contributed by atoms with Crippen LogP contribution in [0.2, 0.25) is 0 Å². The molecule has 0 bridgehead atoms. The number of primary amides is 1. The first-order chi connectivity index (χ1) is 7.71. The van der Waals surface area contributed by atoms with Gasteiger partial charge in [-0.05, 0) is 19.3 Å². The fraction of sp³-hybridized carbons (Fsp3) is 0.923. The maximum atomic E-state index is 11.2. The third kappa shape index (κ3) is 5.50. The van der Waals surface area contributed by atoms with Gasteiger partial charge in [0.05, 0.1) is 5.41 Å². The molecule has 98 valence electrons. The molecule has 1 heterocycles. The molecule has 0 aromatic rings. The predicted octanol–water partition coefficient (Wildman–Crippen LogP) is 3.12. The molecular weight excluding hydrogens is 202 g/mol. The number of rotatable bonds is 3. The van der Waals surface area contributed by atoms with Crippen molar-refractivity contribution in [1.29, 1.82) is 0 Å². The molecular formula is C13H29NO2. The van der Waals surface area contributed by atoms with Gasteiger partial charge >= 0.3 is 0 Å². The number of carbonyl (C=O) groups is 1. The predicted molar refractivity (Wildman–Crippen MR) is 69.3 cm³/mol. The fourth-order valence-electron chi connectivity index (χ4n) is 1.86. The Bertz CT molecular complexity index is 158. The molecule has 0 aliphatic carbocycles. The van der Waals surface area contributed by atoms with E-state index in [1.807, 2.05) is 27.7 Å². The third-order valence-corrected chi connectivity index (χ3v) is 2.70. The first-order valence-electron chi connectivity index (χ1n) is 6.59. The van der Waals surface area contributed by atoms with Crippen molar-refractivity contribution in [1.82, 2.24) is 0 Å². The van der Waals surface area contributed by atoms with E-state index in [0.29, 0.717) is 13.2 Å². The Kier molecular flexibility index (Phi) is 12.2. The van der Waals surface area contributed by atoms with Gasteiger partial charge in [-0.3, -0.25) is 4.79 Å². The molecule has 16 heavy (non-hydrogen) atoms. The molecule has 1 aliphatic rings. The zero-order valence-corrected chi connectivity index (χ0v) is 11.6. The summed E-state index contributed by atoms with van der Waals surface area (Å²) in [5, 5.41) is 0. The van der Waals surface area contributed by atoms with Crippen LogP contribution in [0.15, 0.2) is 0 Å². The molecule has 0 aromatic carbocycles. The topological polar surface area (TPSA) is 52.3 Å². The highest BCUT2D eigenvalue weighted by Crippen LogP contribution is 2.34. The van der Waals surface area contributed by atoms with E-state index in [4.69, 9.17) is 10.5 Å². The Morgan fingerprint density at radius 1 is 1.19 bits per heavy atom. The lowest BCUT2D eigenvalue weighted by molar-refractivity contribution is -0.133. The summed E-state index contributed by atoms with van der Waals surface area (Å²) in [6, 6.07) is 0. The van der Waals surface area contributed by atoms with Crippen LogP contribution in [0.5, 0.6) is 0 Å². The van der Waals surface area contributed by atoms with Crippen LogP contribution in [0.4, 0.5) is 0 Å². The molecule has 0 atom stereocenters. The van der Waals surface area contributed by atoms with E-state index in [2.05, 4.69) is 6.92 Å². The van der Waals surface area contributed by atoms with Crippen molar-refractivity contribution in [2.75, 3.05) is 13.2 Å². The Labute approximate surface area is 101 Å². The van der Waals surface area contributed by atoms with E-state index in [9.17, 15) is 4.79 Å². The molecule has 0 spiro atoms. The summed E-state index contributed by atoms with van der Waals surface area (Å²) in [4.78, 5) is 11.2. The molecule has 0 aromatic heterocycles. The fourth-order valence-corrected chi connectivity index (χ4v) is 1.86. The summed E-state index contributed by atoms with van der Waals surface area (Å²) >= 11 is 0. The summed E-state index contributed by atoms with van der Waals surface area (Å²) < 4.78 is 5.21. The van der Waals surface area contributed by atoms with Crippen LogP contribution in [-0.4, -0.2) is 19.1 Å². The van der Waals surface area contributed by atoms with Gasteiger partial charge in [-0.15, -0.1) is 0 Å². The van der Waals surface area contributed by atoms with Gasteiger partial charge in [-0.2, -0.15) is 0 Å². The molecule has 1 fully saturated rings. The molecule has 0 radical (unpaired) electrons. The second-order valence-electron chi connectivity index (χ2n) is 3.51. The van der Waals surface area contributed by atoms with Gasteiger partial charge in [-0.1, -0.05) is 41.0 Å². The van der Waals surface area contributed by atoms with Gasteiger partial charge in [-0.25, -0.2) is 0 Å². The van der Waals surface area contributed by atoms with Crippen molar-refractivity contribution >= 4 is 5.91 Å². The second-order valence-corrected chi connectivity index (χ2v) is 3.51. The quantitative estimate of drug-likeness (QED) is 0.811. The zero-order chi connectivity index (χ0) is 13.0. The van der Waals surface area contributed by atoms with Gasteiger partial charge in [0.15, 0.2) is 0 Å². The summed E-state index contributed by atoms with van der Waals surface area (Å²) in [6.45, 7) is 11.5. The van der Waals surface area contributed by atoms with E-state index in [1.165, 1.54) is 0 Å². The van der Waals surface area contributed by atoms with Crippen LogP contribution < -0.4 is 5.73 Å². The SMILES string of the molecule is CC.CC.CCCC1(C(N)=O)CCOCC1. The normalized spacial score (nSPS) is 17.3. The van der Waals surface area contributed by atoms with Gasteiger partial charge in [0.25, 0.3) is 0 Å². The van der Waals surface area contributed by atoms with Gasteiger partial charge in [0.2, 0.25) is 5.91 Å². The Balaban J connectivity index is 0. The number of ether oxygens (including phenoxy) is 1. The van der Waals surface area contributed by atoms with E-state index in [0.717, 1.165) is 25.7 Å². The Morgan fingerprint density at radius 2 is 1.62 bits per heavy atom. The average Bonchev–Trinajstić information content (AvgIpc) is 2.35. The smallest absolute Gasteiger partial charge is 0.223 e. The Hall–Kier alpha value is -0.570. The number of hydrogen-bond acceptors (Lipinski definition) is 2. The van der Waals surface area contributed by atoms with Crippen LogP contribution in [0.1, 0.15) is 60.3 Å². The van der Waals surface area contributed by atoms with Crippen LogP contribution in [-0.2, 0) is 9.53 Å². The van der Waals surface area contributed by atoms with Crippen molar-refractivity contribution in [3.63, 3.8) is 0 Å². The highest BCUT2D eigenvalue weighted by Gasteiger charge is 2.37. The second kappa shape index (κ2) is 10.9. The first kappa shape index (κ1) is 17.8. The molecule has 1 rings (SSSR count). The standard InChI is InChI=1S/C9H17NO2.2C2H6/c1-2-3-9(8(10)11)4-6-12-7-5-9;2*1-2/h2-7H2,1H3,(H2,10,11);2*1-2H3. The number of amides is 1. The van der Waals surface area contributed by atoms with Crippen molar-refractivity contribution in [3.8, 4) is 0 Å². The minimum atomic E-state index is -0.257. The molecule has 3 nitrogen and oxygen atoms in total. The van der Waals surface area contributed by atoms with E-state index in [-0.39, 0.29) is 11.3 Å². The van der Waals surface area contributed by atoms with Crippen molar-refractivity contribution < 1.29 is 9.53 Å². The van der Waals surface area contributed by atoms with Gasteiger partial charge in [0.1, 0.15) is 0 Å². The largest absolute Gasteiger partial charge is 0.381 e. The van der Waals surface area contributed by atoms with E-state index in [1.54, 1.807) is 0 Å². The lowest BCUT2D eigenvalue weighted by Crippen LogP contribution is -2.41. The monoisotopic (exact) mass is 231 g/mol. The van der Waals surface area contributed by atoms with Crippen LogP contribution >= 0.6 is 0 Å². The minimum absolute atomic E-state index is 0.146. The summed E-state index contributed by atoms with van der Waals surface area (Å²) in [5.74, 6) is -0.146. The molecule has 0 unspecified atom stereocenters. The van der Waals surface area contributed by atoms with Crippen LogP contribution in [0.3, 0.4) is 0 Å². The van der Waals surface area contributed by atoms with E-state index < -0.39 is 0 Å². The number of hydrogen-bond donors (Lipinski definition) is 1. The summed E-state index contributed by atoms with van der Waals surface area (Å²) in [5.41, 5.74) is 5.14. The average molecular weight is 231 g/mol. The Morgan fingerprint density at radius 3 is 1.94 bits per heavy atom. The molecule has 1 saturated heterocycles. The van der Waals surface area contributed by atoms with E-state index >= 15 is 0 Å². The highest BCUT2D eigenvalue weighted by molar-refractivity contribution is 5.80. The maximum Gasteiger partial charge on any atom is 0.223 e. The van der Waals surface area contributed by atoms with Crippen LogP contribution in [0.25, 0.3) is 0 Å². The van der Waals surface area contributed by atoms with Crippen molar-refractivity contribution in [3.05, 3.63) is 0 Å². The van der Waals surface area contributed by atoms with Crippen LogP contribution in [0, 0.1) is 5.41 Å². The highest BCUT2D eigenvalue weighted by atomic mass is 16.5. The third-order valence-electron chi connectivity index (χ3n) is 2.70. The maximum absolute atomic E-state index is 11.2. The lowest BCUT2D eigenvalue weighted by Gasteiger charge is -2.33. The molecule has 0 saturated carbocycles. The van der Waals surface area contributed by atoms with Crippen molar-refractivity contribution in [2.45, 2.75) is 60.3 Å². The molecule has 1 amide bonds. The molecule has 3 heteroatoms. The van der Waals surface area contributed by atoms with Gasteiger partial charge in [0, 0.05) is 13.2 Å². The number of carbonyl (C=O) groups excluding carboxylic acids is 1. The van der Waals surface area contributed by atoms with Gasteiger partial charge < -0.3 is 10.5 Å². The summed E-state index contributed by atoms with van der Waals surface area (Å²) in [6.07, 6.45) is 3.53. The zero-order valence-electron chi connectivity index (χ0n) is 11.6.